The maximum atomic E-state index is 12.8. The Bertz CT molecular complexity index is 1030. The Morgan fingerprint density at radius 3 is 2.48 bits per heavy atom. The zero-order chi connectivity index (χ0) is 23.2. The van der Waals surface area contributed by atoms with E-state index in [1.165, 1.54) is 5.56 Å². The first-order valence-corrected chi connectivity index (χ1v) is 11.3. The average Bonchev–Trinajstić information content (AvgIpc) is 3.35. The van der Waals surface area contributed by atoms with Gasteiger partial charge in [0.05, 0.1) is 13.2 Å². The predicted molar refractivity (Wildman–Crippen MR) is 127 cm³/mol. The highest BCUT2D eigenvalue weighted by Gasteiger charge is 2.28. The SMILES string of the molecule is COc1ccc(-c2noc(N3CCC(C(=O)NCC(c4ccccc4)N(C)C)CC3)n2)cc1. The molecule has 0 radical (unpaired) electrons. The van der Waals surface area contributed by atoms with Gasteiger partial charge in [0.25, 0.3) is 0 Å². The first kappa shape index (κ1) is 22.8. The number of hydrogen-bond donors (Lipinski definition) is 1. The van der Waals surface area contributed by atoms with Gasteiger partial charge in [-0.3, -0.25) is 4.79 Å². The van der Waals surface area contributed by atoms with Crippen molar-refractivity contribution in [2.75, 3.05) is 45.7 Å². The molecule has 174 valence electrons. The van der Waals surface area contributed by atoms with Gasteiger partial charge < -0.3 is 24.4 Å². The third kappa shape index (κ3) is 5.51. The van der Waals surface area contributed by atoms with E-state index < -0.39 is 0 Å². The molecule has 0 spiro atoms. The molecule has 0 aliphatic carbocycles. The molecule has 8 heteroatoms. The first-order valence-electron chi connectivity index (χ1n) is 11.3. The Labute approximate surface area is 194 Å². The molecule has 1 unspecified atom stereocenters. The summed E-state index contributed by atoms with van der Waals surface area (Å²) in [6.07, 6.45) is 1.51. The zero-order valence-electron chi connectivity index (χ0n) is 19.4. The largest absolute Gasteiger partial charge is 0.497 e. The second-order valence-electron chi connectivity index (χ2n) is 8.53. The molecule has 1 aromatic heterocycles. The summed E-state index contributed by atoms with van der Waals surface area (Å²) in [5.41, 5.74) is 2.07. The minimum Gasteiger partial charge on any atom is -0.497 e. The fourth-order valence-corrected chi connectivity index (χ4v) is 4.15. The van der Waals surface area contributed by atoms with E-state index in [4.69, 9.17) is 9.26 Å². The number of nitrogens with zero attached hydrogens (tertiary/aromatic N) is 4. The number of aromatic nitrogens is 2. The van der Waals surface area contributed by atoms with Crippen molar-refractivity contribution < 1.29 is 14.1 Å². The summed E-state index contributed by atoms with van der Waals surface area (Å²) in [5, 5.41) is 7.27. The smallest absolute Gasteiger partial charge is 0.324 e. The van der Waals surface area contributed by atoms with Crippen molar-refractivity contribution >= 4 is 11.9 Å². The molecule has 2 aromatic carbocycles. The van der Waals surface area contributed by atoms with Gasteiger partial charge in [0, 0.05) is 31.1 Å². The summed E-state index contributed by atoms with van der Waals surface area (Å²) < 4.78 is 10.7. The number of nitrogens with one attached hydrogen (secondary N) is 1. The highest BCUT2D eigenvalue weighted by Crippen LogP contribution is 2.26. The van der Waals surface area contributed by atoms with Crippen LogP contribution in [-0.2, 0) is 4.79 Å². The van der Waals surface area contributed by atoms with Crippen molar-refractivity contribution in [1.29, 1.82) is 0 Å². The summed E-state index contributed by atoms with van der Waals surface area (Å²) >= 11 is 0. The zero-order valence-corrected chi connectivity index (χ0v) is 19.4. The van der Waals surface area contributed by atoms with E-state index >= 15 is 0 Å². The molecule has 3 aromatic rings. The second kappa shape index (κ2) is 10.5. The van der Waals surface area contributed by atoms with Gasteiger partial charge in [0.2, 0.25) is 11.7 Å². The Morgan fingerprint density at radius 1 is 1.15 bits per heavy atom. The van der Waals surface area contributed by atoms with Crippen LogP contribution in [0.1, 0.15) is 24.4 Å². The number of methoxy groups -OCH3 is 1. The van der Waals surface area contributed by atoms with Gasteiger partial charge in [0.15, 0.2) is 0 Å². The Morgan fingerprint density at radius 2 is 1.85 bits per heavy atom. The van der Waals surface area contributed by atoms with E-state index in [0.717, 1.165) is 24.2 Å². The number of hydrogen-bond acceptors (Lipinski definition) is 7. The summed E-state index contributed by atoms with van der Waals surface area (Å²) in [6, 6.07) is 18.4. The highest BCUT2D eigenvalue weighted by atomic mass is 16.5. The normalized spacial score (nSPS) is 15.5. The third-order valence-corrected chi connectivity index (χ3v) is 6.18. The summed E-state index contributed by atoms with van der Waals surface area (Å²) in [7, 11) is 5.70. The molecule has 0 saturated carbocycles. The molecule has 8 nitrogen and oxygen atoms in total. The van der Waals surface area contributed by atoms with Gasteiger partial charge in [-0.2, -0.15) is 4.98 Å². The number of amides is 1. The molecule has 1 amide bonds. The molecule has 0 bridgehead atoms. The van der Waals surface area contributed by atoms with Crippen LogP contribution in [0.4, 0.5) is 6.01 Å². The van der Waals surface area contributed by atoms with E-state index in [-0.39, 0.29) is 17.9 Å². The molecule has 1 aliphatic heterocycles. The van der Waals surface area contributed by atoms with E-state index in [1.807, 2.05) is 56.6 Å². The summed E-state index contributed by atoms with van der Waals surface area (Å²) in [4.78, 5) is 21.6. The molecule has 1 N–H and O–H groups in total. The van der Waals surface area contributed by atoms with Crippen LogP contribution in [-0.4, -0.2) is 61.8 Å². The molecule has 33 heavy (non-hydrogen) atoms. The van der Waals surface area contributed by atoms with E-state index in [9.17, 15) is 4.79 Å². The number of likely N-dealkylation sites (N-methyl/N-ethyl adjacent to an activating group) is 1. The molecule has 1 fully saturated rings. The molecule has 4 rings (SSSR count). The fourth-order valence-electron chi connectivity index (χ4n) is 4.15. The number of benzene rings is 2. The topological polar surface area (TPSA) is 83.7 Å². The maximum Gasteiger partial charge on any atom is 0.324 e. The monoisotopic (exact) mass is 449 g/mol. The van der Waals surface area contributed by atoms with Crippen molar-refractivity contribution in [1.82, 2.24) is 20.4 Å². The highest BCUT2D eigenvalue weighted by molar-refractivity contribution is 5.79. The van der Waals surface area contributed by atoms with Gasteiger partial charge in [-0.1, -0.05) is 35.5 Å². The standard InChI is InChI=1S/C25H31N5O3/c1-29(2)22(18-7-5-4-6-8-18)17-26-24(31)20-13-15-30(16-14-20)25-27-23(28-33-25)19-9-11-21(32-3)12-10-19/h4-12,20,22H,13-17H2,1-3H3,(H,26,31). The molecule has 1 saturated heterocycles. The Kier molecular flexibility index (Phi) is 7.24. The molecular formula is C25H31N5O3. The van der Waals surface area contributed by atoms with Gasteiger partial charge in [-0.05, 0) is 56.8 Å². The molecule has 1 atom stereocenters. The van der Waals surface area contributed by atoms with Gasteiger partial charge >= 0.3 is 6.01 Å². The van der Waals surface area contributed by atoms with Gasteiger partial charge in [-0.15, -0.1) is 0 Å². The molecule has 1 aliphatic rings. The van der Waals surface area contributed by atoms with Crippen LogP contribution >= 0.6 is 0 Å². The van der Waals surface area contributed by atoms with E-state index in [1.54, 1.807) is 7.11 Å². The van der Waals surface area contributed by atoms with Gasteiger partial charge in [0.1, 0.15) is 5.75 Å². The summed E-state index contributed by atoms with van der Waals surface area (Å²) in [6.45, 7) is 2.00. The number of anilines is 1. The lowest BCUT2D eigenvalue weighted by Crippen LogP contribution is -2.42. The van der Waals surface area contributed by atoms with Crippen LogP contribution in [0.25, 0.3) is 11.4 Å². The van der Waals surface area contributed by atoms with Crippen LogP contribution in [0, 0.1) is 5.92 Å². The number of rotatable bonds is 8. The van der Waals surface area contributed by atoms with E-state index in [2.05, 4.69) is 37.4 Å². The minimum atomic E-state index is -0.0104. The van der Waals surface area contributed by atoms with Crippen molar-refractivity contribution in [3.8, 4) is 17.1 Å². The van der Waals surface area contributed by atoms with Crippen LogP contribution in [0.5, 0.6) is 5.75 Å². The van der Waals surface area contributed by atoms with Crippen molar-refractivity contribution in [2.45, 2.75) is 18.9 Å². The lowest BCUT2D eigenvalue weighted by Gasteiger charge is -2.31. The number of carbonyl (C=O) groups excluding carboxylic acids is 1. The Hall–Kier alpha value is -3.39. The van der Waals surface area contributed by atoms with Crippen molar-refractivity contribution in [3.63, 3.8) is 0 Å². The van der Waals surface area contributed by atoms with Crippen LogP contribution in [0.2, 0.25) is 0 Å². The predicted octanol–water partition coefficient (Wildman–Crippen LogP) is 3.38. The molecular weight excluding hydrogens is 418 g/mol. The molecule has 2 heterocycles. The van der Waals surface area contributed by atoms with Gasteiger partial charge in [-0.25, -0.2) is 0 Å². The number of piperidine rings is 1. The lowest BCUT2D eigenvalue weighted by atomic mass is 9.96. The second-order valence-corrected chi connectivity index (χ2v) is 8.53. The first-order chi connectivity index (χ1) is 16.0. The number of ether oxygens (including phenoxy) is 1. The average molecular weight is 450 g/mol. The van der Waals surface area contributed by atoms with Crippen molar-refractivity contribution in [3.05, 3.63) is 60.2 Å². The quantitative estimate of drug-likeness (QED) is 0.564. The van der Waals surface area contributed by atoms with Crippen LogP contribution in [0.3, 0.4) is 0 Å². The van der Waals surface area contributed by atoms with Crippen LogP contribution < -0.4 is 15.0 Å². The summed E-state index contributed by atoms with van der Waals surface area (Å²) in [5.74, 6) is 1.43. The maximum absolute atomic E-state index is 12.8. The third-order valence-electron chi connectivity index (χ3n) is 6.18. The lowest BCUT2D eigenvalue weighted by molar-refractivity contribution is -0.125. The fraction of sp³-hybridized carbons (Fsp3) is 0.400. The van der Waals surface area contributed by atoms with Crippen molar-refractivity contribution in [2.24, 2.45) is 5.92 Å². The number of carbonyl (C=O) groups is 1. The Balaban J connectivity index is 1.29. The minimum absolute atomic E-state index is 0.0104. The van der Waals surface area contributed by atoms with Crippen LogP contribution in [0.15, 0.2) is 59.1 Å². The van der Waals surface area contributed by atoms with E-state index in [0.29, 0.717) is 31.5 Å².